The van der Waals surface area contributed by atoms with E-state index in [2.05, 4.69) is 15.6 Å². The van der Waals surface area contributed by atoms with Gasteiger partial charge in [-0.25, -0.2) is 0 Å². The molecule has 0 radical (unpaired) electrons. The predicted octanol–water partition coefficient (Wildman–Crippen LogP) is 2.71. The zero-order valence-electron chi connectivity index (χ0n) is 19.5. The van der Waals surface area contributed by atoms with Crippen LogP contribution in [0.4, 0.5) is 0 Å². The highest BCUT2D eigenvalue weighted by atomic mass is 16.7. The van der Waals surface area contributed by atoms with Crippen molar-refractivity contribution in [1.82, 2.24) is 20.2 Å². The molecule has 3 N–H and O–H groups in total. The minimum atomic E-state index is -0.601. The van der Waals surface area contributed by atoms with E-state index in [4.69, 9.17) is 9.47 Å². The number of benzene rings is 2. The summed E-state index contributed by atoms with van der Waals surface area (Å²) in [4.78, 5) is 41.6. The lowest BCUT2D eigenvalue weighted by Crippen LogP contribution is -2.42. The Balaban J connectivity index is 1.26. The van der Waals surface area contributed by atoms with Crippen molar-refractivity contribution in [3.8, 4) is 11.5 Å². The average Bonchev–Trinajstić information content (AvgIpc) is 3.48. The molecule has 1 aliphatic rings. The number of aromatic nitrogens is 2. The molecular weight excluding hydrogens is 448 g/mol. The number of aryl methyl sites for hydroxylation is 1. The maximum absolute atomic E-state index is 13.1. The van der Waals surface area contributed by atoms with Crippen molar-refractivity contribution in [1.29, 1.82) is 0 Å². The van der Waals surface area contributed by atoms with Crippen molar-refractivity contribution >= 4 is 33.6 Å². The number of hydrogen-bond donors (Lipinski definition) is 3. The number of aromatic amines is 1. The van der Waals surface area contributed by atoms with Gasteiger partial charge in [-0.1, -0.05) is 18.2 Å². The number of amides is 2. The third-order valence-electron chi connectivity index (χ3n) is 6.18. The van der Waals surface area contributed by atoms with Gasteiger partial charge in [0.15, 0.2) is 11.5 Å². The number of H-pyrrole nitrogens is 1. The summed E-state index contributed by atoms with van der Waals surface area (Å²) in [6.45, 7) is 4.23. The topological polar surface area (TPSA) is 114 Å². The van der Waals surface area contributed by atoms with E-state index in [0.717, 1.165) is 16.5 Å². The molecule has 0 spiro atoms. The molecule has 3 heterocycles. The molecule has 0 aliphatic carbocycles. The normalized spacial score (nSPS) is 13.2. The highest BCUT2D eigenvalue weighted by Gasteiger charge is 2.21. The quantitative estimate of drug-likeness (QED) is 0.381. The number of pyridine rings is 1. The third kappa shape index (κ3) is 4.32. The van der Waals surface area contributed by atoms with Crippen LogP contribution in [0.5, 0.6) is 11.5 Å². The second kappa shape index (κ2) is 9.17. The van der Waals surface area contributed by atoms with E-state index in [-0.39, 0.29) is 30.9 Å². The Morgan fingerprint density at radius 1 is 1.14 bits per heavy atom. The Kier molecular flexibility index (Phi) is 5.90. The van der Waals surface area contributed by atoms with Crippen LogP contribution in [0.2, 0.25) is 0 Å². The number of nitrogens with zero attached hydrogens (tertiary/aromatic N) is 1. The van der Waals surface area contributed by atoms with Crippen LogP contribution in [-0.4, -0.2) is 40.7 Å². The molecule has 2 aromatic carbocycles. The van der Waals surface area contributed by atoms with Gasteiger partial charge in [0.2, 0.25) is 18.1 Å². The number of ether oxygens (including phenoxy) is 2. The molecular formula is C26H26N4O5. The molecule has 0 saturated heterocycles. The van der Waals surface area contributed by atoms with Gasteiger partial charge < -0.3 is 29.7 Å². The van der Waals surface area contributed by atoms with Crippen LogP contribution in [0.15, 0.2) is 53.6 Å². The molecule has 2 amide bonds. The highest BCUT2D eigenvalue weighted by Crippen LogP contribution is 2.35. The van der Waals surface area contributed by atoms with Gasteiger partial charge in [0.05, 0.1) is 17.4 Å². The molecule has 5 rings (SSSR count). The van der Waals surface area contributed by atoms with Crippen molar-refractivity contribution in [2.45, 2.75) is 32.9 Å². The van der Waals surface area contributed by atoms with Crippen LogP contribution < -0.4 is 25.5 Å². The van der Waals surface area contributed by atoms with Crippen molar-refractivity contribution in [2.75, 3.05) is 13.3 Å². The van der Waals surface area contributed by atoms with E-state index in [9.17, 15) is 14.4 Å². The standard InChI is InChI=1S/C26H26N4O5/c1-3-30-13-19(25(32)18-9-22-23(10-21(18)30)35-14-34-22)26(33)28-12-24(31)29-15(2)8-16-11-27-20-7-5-4-6-17(16)20/h4-7,9-11,13,15,27H,3,8,12,14H2,1-2H3,(H,28,33)(H,29,31). The van der Waals surface area contributed by atoms with Gasteiger partial charge in [-0.2, -0.15) is 0 Å². The molecule has 9 heteroatoms. The Morgan fingerprint density at radius 2 is 1.91 bits per heavy atom. The van der Waals surface area contributed by atoms with Crippen LogP contribution in [0, 0.1) is 0 Å². The first kappa shape index (κ1) is 22.5. The summed E-state index contributed by atoms with van der Waals surface area (Å²) in [6, 6.07) is 11.2. The van der Waals surface area contributed by atoms with E-state index >= 15 is 0 Å². The predicted molar refractivity (Wildman–Crippen MR) is 132 cm³/mol. The largest absolute Gasteiger partial charge is 0.454 e. The number of hydrogen-bond acceptors (Lipinski definition) is 5. The maximum Gasteiger partial charge on any atom is 0.257 e. The van der Waals surface area contributed by atoms with Gasteiger partial charge in [0, 0.05) is 41.9 Å². The SMILES string of the molecule is CCn1cc(C(=O)NCC(=O)NC(C)Cc2c[nH]c3ccccc23)c(=O)c2cc3c(cc21)OCO3. The fourth-order valence-electron chi connectivity index (χ4n) is 4.47. The molecule has 35 heavy (non-hydrogen) atoms. The summed E-state index contributed by atoms with van der Waals surface area (Å²) in [5.74, 6) is 0.106. The van der Waals surface area contributed by atoms with Gasteiger partial charge in [0.25, 0.3) is 5.91 Å². The molecule has 1 aliphatic heterocycles. The first-order chi connectivity index (χ1) is 16.9. The smallest absolute Gasteiger partial charge is 0.257 e. The van der Waals surface area contributed by atoms with Gasteiger partial charge in [-0.15, -0.1) is 0 Å². The van der Waals surface area contributed by atoms with Gasteiger partial charge in [-0.3, -0.25) is 14.4 Å². The van der Waals surface area contributed by atoms with E-state index in [1.165, 1.54) is 6.20 Å². The Hall–Kier alpha value is -4.27. The number of rotatable bonds is 7. The van der Waals surface area contributed by atoms with Crippen molar-refractivity contribution < 1.29 is 19.1 Å². The van der Waals surface area contributed by atoms with Gasteiger partial charge in [-0.05, 0) is 38.0 Å². The Morgan fingerprint density at radius 3 is 2.71 bits per heavy atom. The molecule has 9 nitrogen and oxygen atoms in total. The van der Waals surface area contributed by atoms with E-state index in [0.29, 0.717) is 35.4 Å². The summed E-state index contributed by atoms with van der Waals surface area (Å²) in [7, 11) is 0. The average molecular weight is 475 g/mol. The maximum atomic E-state index is 13.1. The number of carbonyl (C=O) groups excluding carboxylic acids is 2. The molecule has 0 saturated carbocycles. The second-order valence-corrected chi connectivity index (χ2v) is 8.60. The number of fused-ring (bicyclic) bond motifs is 3. The fraction of sp³-hybridized carbons (Fsp3) is 0.269. The van der Waals surface area contributed by atoms with Crippen LogP contribution >= 0.6 is 0 Å². The van der Waals surface area contributed by atoms with E-state index in [1.54, 1.807) is 16.7 Å². The number of para-hydroxylation sites is 1. The Bertz CT molecular complexity index is 1500. The molecule has 0 bridgehead atoms. The van der Waals surface area contributed by atoms with Gasteiger partial charge >= 0.3 is 0 Å². The number of nitrogens with one attached hydrogen (secondary N) is 3. The van der Waals surface area contributed by atoms with Crippen molar-refractivity contribution in [3.05, 3.63) is 70.1 Å². The van der Waals surface area contributed by atoms with Crippen LogP contribution in [-0.2, 0) is 17.8 Å². The molecule has 2 aromatic heterocycles. The fourth-order valence-corrected chi connectivity index (χ4v) is 4.47. The minimum absolute atomic E-state index is 0.0298. The number of carbonyl (C=O) groups is 2. The Labute approximate surface area is 201 Å². The third-order valence-corrected chi connectivity index (χ3v) is 6.18. The highest BCUT2D eigenvalue weighted by molar-refractivity contribution is 5.99. The monoisotopic (exact) mass is 474 g/mol. The molecule has 4 aromatic rings. The van der Waals surface area contributed by atoms with Crippen molar-refractivity contribution in [3.63, 3.8) is 0 Å². The van der Waals surface area contributed by atoms with Gasteiger partial charge in [0.1, 0.15) is 5.56 Å². The summed E-state index contributed by atoms with van der Waals surface area (Å²) >= 11 is 0. The van der Waals surface area contributed by atoms with Crippen LogP contribution in [0.25, 0.3) is 21.8 Å². The first-order valence-corrected chi connectivity index (χ1v) is 11.5. The lowest BCUT2D eigenvalue weighted by Gasteiger charge is -2.15. The summed E-state index contributed by atoms with van der Waals surface area (Å²) < 4.78 is 12.6. The summed E-state index contributed by atoms with van der Waals surface area (Å²) in [5, 5.41) is 6.96. The zero-order valence-corrected chi connectivity index (χ0v) is 19.5. The van der Waals surface area contributed by atoms with Crippen LogP contribution in [0.3, 0.4) is 0 Å². The van der Waals surface area contributed by atoms with Crippen molar-refractivity contribution in [2.24, 2.45) is 0 Å². The first-order valence-electron chi connectivity index (χ1n) is 11.5. The lowest BCUT2D eigenvalue weighted by molar-refractivity contribution is -0.120. The molecule has 180 valence electrons. The zero-order chi connectivity index (χ0) is 24.5. The summed E-state index contributed by atoms with van der Waals surface area (Å²) in [5.41, 5.74) is 2.36. The second-order valence-electron chi connectivity index (χ2n) is 8.60. The van der Waals surface area contributed by atoms with E-state index < -0.39 is 11.3 Å². The van der Waals surface area contributed by atoms with E-state index in [1.807, 2.05) is 44.3 Å². The van der Waals surface area contributed by atoms with Crippen LogP contribution in [0.1, 0.15) is 29.8 Å². The lowest BCUT2D eigenvalue weighted by atomic mass is 10.1. The molecule has 1 unspecified atom stereocenters. The summed E-state index contributed by atoms with van der Waals surface area (Å²) in [6.07, 6.45) is 4.10. The minimum Gasteiger partial charge on any atom is -0.454 e. The molecule has 1 atom stereocenters. The molecule has 0 fully saturated rings.